The molecule has 0 radical (unpaired) electrons. The zero-order valence-electron chi connectivity index (χ0n) is 28.9. The number of pyridine rings is 1. The summed E-state index contributed by atoms with van der Waals surface area (Å²) in [7, 11) is 0. The van der Waals surface area contributed by atoms with Gasteiger partial charge in [-0.1, -0.05) is 68.6 Å². The van der Waals surface area contributed by atoms with Crippen molar-refractivity contribution in [2.45, 2.75) is 73.1 Å². The third-order valence-corrected chi connectivity index (χ3v) is 9.21. The van der Waals surface area contributed by atoms with E-state index in [1.807, 2.05) is 30.5 Å². The van der Waals surface area contributed by atoms with Crippen LogP contribution in [0.5, 0.6) is 11.5 Å². The third kappa shape index (κ3) is 6.73. The molecule has 3 aromatic heterocycles. The molecule has 5 nitrogen and oxygen atoms in total. The number of rotatable bonds is 11. The van der Waals surface area contributed by atoms with Crippen LogP contribution in [0.1, 0.15) is 67.6 Å². The maximum Gasteiger partial charge on any atom is 2.00 e. The standard InChI is InChI=1S/C43H42N4O.Pd/c1-6-8-19-37-43(42-30(4)14-12-15-31(42)5)39(20-9-7-2)47(45-37)32-16-13-17-33(27-32)48-34-22-23-36-35-18-10-11-21-38(35)46(40(36)28-34)41-26-29(3)24-25-44-41;/h10-18,21-26H,6-9,19-20H2,1-5H3;/q-2;+2. The van der Waals surface area contributed by atoms with Crippen molar-refractivity contribution in [2.75, 3.05) is 0 Å². The van der Waals surface area contributed by atoms with E-state index in [4.69, 9.17) is 14.8 Å². The number of fused-ring (bicyclic) bond motifs is 3. The normalized spacial score (nSPS) is 11.3. The summed E-state index contributed by atoms with van der Waals surface area (Å²) in [5.41, 5.74) is 11.6. The zero-order chi connectivity index (χ0) is 33.2. The van der Waals surface area contributed by atoms with Gasteiger partial charge >= 0.3 is 20.4 Å². The predicted molar refractivity (Wildman–Crippen MR) is 197 cm³/mol. The maximum absolute atomic E-state index is 6.52. The van der Waals surface area contributed by atoms with Crippen LogP contribution >= 0.6 is 0 Å². The Morgan fingerprint density at radius 3 is 2.22 bits per heavy atom. The summed E-state index contributed by atoms with van der Waals surface area (Å²) in [6, 6.07) is 36.5. The molecular weight excluding hydrogens is 695 g/mol. The molecule has 0 atom stereocenters. The molecule has 4 aromatic carbocycles. The van der Waals surface area contributed by atoms with Gasteiger partial charge in [-0.2, -0.15) is 17.2 Å². The Morgan fingerprint density at radius 1 is 0.714 bits per heavy atom. The summed E-state index contributed by atoms with van der Waals surface area (Å²) < 4.78 is 10.8. The Bertz CT molecular complexity index is 2220. The number of benzene rings is 4. The predicted octanol–water partition coefficient (Wildman–Crippen LogP) is 11.0. The molecule has 250 valence electrons. The van der Waals surface area contributed by atoms with Gasteiger partial charge in [0, 0.05) is 34.5 Å². The summed E-state index contributed by atoms with van der Waals surface area (Å²) >= 11 is 0. The molecule has 49 heavy (non-hydrogen) atoms. The monoisotopic (exact) mass is 736 g/mol. The van der Waals surface area contributed by atoms with Crippen molar-refractivity contribution in [2.24, 2.45) is 0 Å². The molecule has 7 aromatic rings. The average molecular weight is 737 g/mol. The molecular formula is C43H42N4OPd. The van der Waals surface area contributed by atoms with Crippen LogP contribution in [-0.4, -0.2) is 19.3 Å². The van der Waals surface area contributed by atoms with E-state index >= 15 is 0 Å². The summed E-state index contributed by atoms with van der Waals surface area (Å²) in [6.07, 6.45) is 8.17. The number of aryl methyl sites for hydroxylation is 4. The van der Waals surface area contributed by atoms with Crippen LogP contribution in [0.2, 0.25) is 0 Å². The Balaban J connectivity index is 0.00000417. The quantitative estimate of drug-likeness (QED) is 0.0981. The SMILES string of the molecule is CCCCc1nn(-c2[c-]c(Oc3[c-]c4c(cc3)c3ccccc3n4-c3cc(C)ccn3)ccc2)c(CCCC)c1-c1c(C)cccc1C.[Pd+2]. The molecule has 0 bridgehead atoms. The first-order valence-corrected chi connectivity index (χ1v) is 17.2. The third-order valence-electron chi connectivity index (χ3n) is 9.21. The van der Waals surface area contributed by atoms with E-state index in [2.05, 4.69) is 117 Å². The number of para-hydroxylation sites is 1. The summed E-state index contributed by atoms with van der Waals surface area (Å²) in [6.45, 7) is 11.0. The number of aromatic nitrogens is 4. The molecule has 0 aliphatic carbocycles. The van der Waals surface area contributed by atoms with Gasteiger partial charge < -0.3 is 9.30 Å². The zero-order valence-corrected chi connectivity index (χ0v) is 30.5. The second-order valence-corrected chi connectivity index (χ2v) is 12.8. The second kappa shape index (κ2) is 14.9. The van der Waals surface area contributed by atoms with Gasteiger partial charge in [-0.15, -0.1) is 35.7 Å². The van der Waals surface area contributed by atoms with Crippen LogP contribution in [0.3, 0.4) is 0 Å². The minimum Gasteiger partial charge on any atom is -0.509 e. The van der Waals surface area contributed by atoms with Gasteiger partial charge in [0.2, 0.25) is 0 Å². The fourth-order valence-electron chi connectivity index (χ4n) is 6.85. The minimum atomic E-state index is 0. The fraction of sp³-hybridized carbons (Fsp3) is 0.256. The van der Waals surface area contributed by atoms with E-state index in [0.29, 0.717) is 11.5 Å². The number of hydrogen-bond donors (Lipinski definition) is 0. The summed E-state index contributed by atoms with van der Waals surface area (Å²) in [5.74, 6) is 2.11. The molecule has 0 amide bonds. The maximum atomic E-state index is 6.52. The Hall–Kier alpha value is -4.50. The number of ether oxygens (including phenoxy) is 1. The first kappa shape index (κ1) is 34.4. The molecule has 7 rings (SSSR count). The van der Waals surface area contributed by atoms with Gasteiger partial charge in [-0.25, -0.2) is 4.98 Å². The molecule has 0 aliphatic rings. The van der Waals surface area contributed by atoms with Crippen LogP contribution in [0, 0.1) is 32.9 Å². The van der Waals surface area contributed by atoms with Crippen LogP contribution in [0.25, 0.3) is 44.4 Å². The fourth-order valence-corrected chi connectivity index (χ4v) is 6.85. The van der Waals surface area contributed by atoms with Crippen molar-refractivity contribution in [1.82, 2.24) is 19.3 Å². The van der Waals surface area contributed by atoms with Gasteiger partial charge in [0.25, 0.3) is 0 Å². The Kier molecular flexibility index (Phi) is 10.5. The van der Waals surface area contributed by atoms with E-state index in [1.165, 1.54) is 27.9 Å². The number of unbranched alkanes of at least 4 members (excludes halogenated alkanes) is 2. The molecule has 3 heterocycles. The van der Waals surface area contributed by atoms with E-state index < -0.39 is 0 Å². The smallest absolute Gasteiger partial charge is 0.509 e. The van der Waals surface area contributed by atoms with Crippen LogP contribution < -0.4 is 4.74 Å². The van der Waals surface area contributed by atoms with Gasteiger partial charge in [-0.3, -0.25) is 4.68 Å². The van der Waals surface area contributed by atoms with E-state index in [9.17, 15) is 0 Å². The molecule has 0 N–H and O–H groups in total. The van der Waals surface area contributed by atoms with Crippen LogP contribution in [0.4, 0.5) is 0 Å². The van der Waals surface area contributed by atoms with Gasteiger partial charge in [0.1, 0.15) is 5.82 Å². The first-order valence-electron chi connectivity index (χ1n) is 17.2. The summed E-state index contributed by atoms with van der Waals surface area (Å²) in [5, 5.41) is 7.57. The molecule has 0 aliphatic heterocycles. The van der Waals surface area contributed by atoms with E-state index in [1.54, 1.807) is 0 Å². The van der Waals surface area contributed by atoms with Gasteiger partial charge in [-0.05, 0) is 98.0 Å². The van der Waals surface area contributed by atoms with Crippen molar-refractivity contribution in [3.63, 3.8) is 0 Å². The number of nitrogens with zero attached hydrogens (tertiary/aromatic N) is 4. The van der Waals surface area contributed by atoms with Gasteiger partial charge in [0.15, 0.2) is 0 Å². The topological polar surface area (TPSA) is 44.9 Å². The largest absolute Gasteiger partial charge is 2.00 e. The van der Waals surface area contributed by atoms with Gasteiger partial charge in [0.05, 0.1) is 5.69 Å². The van der Waals surface area contributed by atoms with Crippen molar-refractivity contribution in [1.29, 1.82) is 0 Å². The van der Waals surface area contributed by atoms with E-state index in [-0.39, 0.29) is 20.4 Å². The molecule has 0 saturated heterocycles. The van der Waals surface area contributed by atoms with Crippen molar-refractivity contribution in [3.05, 3.63) is 131 Å². The van der Waals surface area contributed by atoms with E-state index in [0.717, 1.165) is 83.1 Å². The number of hydrogen-bond acceptors (Lipinski definition) is 3. The average Bonchev–Trinajstić information content (AvgIpc) is 3.61. The molecule has 0 spiro atoms. The molecule has 0 unspecified atom stereocenters. The van der Waals surface area contributed by atoms with Crippen LogP contribution in [-0.2, 0) is 33.3 Å². The van der Waals surface area contributed by atoms with Crippen molar-refractivity contribution >= 4 is 21.8 Å². The molecule has 0 saturated carbocycles. The Morgan fingerprint density at radius 2 is 1.45 bits per heavy atom. The van der Waals surface area contributed by atoms with Crippen LogP contribution in [0.15, 0.2) is 91.1 Å². The first-order chi connectivity index (χ1) is 23.5. The Labute approximate surface area is 303 Å². The molecule has 0 fully saturated rings. The van der Waals surface area contributed by atoms with Crippen molar-refractivity contribution in [3.8, 4) is 34.1 Å². The van der Waals surface area contributed by atoms with Crippen molar-refractivity contribution < 1.29 is 25.2 Å². The second-order valence-electron chi connectivity index (χ2n) is 12.8. The minimum absolute atomic E-state index is 0. The molecule has 6 heteroatoms. The summed E-state index contributed by atoms with van der Waals surface area (Å²) in [4.78, 5) is 4.72.